The van der Waals surface area contributed by atoms with Crippen LogP contribution >= 0.6 is 0 Å². The van der Waals surface area contributed by atoms with Gasteiger partial charge in [-0.2, -0.15) is 14.0 Å². The third kappa shape index (κ3) is 3.65. The zero-order valence-electron chi connectivity index (χ0n) is 9.98. The van der Waals surface area contributed by atoms with Crippen LogP contribution in [0.1, 0.15) is 23.2 Å². The molecule has 6 heteroatoms. The smallest absolute Gasteiger partial charge is 0.387 e. The summed E-state index contributed by atoms with van der Waals surface area (Å²) in [5, 5.41) is 11.5. The lowest BCUT2D eigenvalue weighted by Gasteiger charge is -2.10. The monoisotopic (exact) mass is 266 g/mol. The van der Waals surface area contributed by atoms with Gasteiger partial charge in [0.1, 0.15) is 11.8 Å². The first-order chi connectivity index (χ1) is 9.10. The number of benzene rings is 1. The quantitative estimate of drug-likeness (QED) is 0.889. The van der Waals surface area contributed by atoms with E-state index in [9.17, 15) is 13.6 Å². The third-order valence-corrected chi connectivity index (χ3v) is 2.86. The summed E-state index contributed by atoms with van der Waals surface area (Å²) in [4.78, 5) is 11.8. The van der Waals surface area contributed by atoms with Gasteiger partial charge in [-0.25, -0.2) is 0 Å². The molecule has 19 heavy (non-hydrogen) atoms. The molecule has 2 rings (SSSR count). The second-order valence-electron chi connectivity index (χ2n) is 4.32. The first kappa shape index (κ1) is 13.3. The number of carbonyl (C=O) groups is 1. The molecule has 1 aromatic carbocycles. The maximum Gasteiger partial charge on any atom is 0.387 e. The molecule has 1 N–H and O–H groups in total. The summed E-state index contributed by atoms with van der Waals surface area (Å²) in [7, 11) is 0. The molecule has 0 radical (unpaired) electrons. The Morgan fingerprint density at radius 3 is 2.47 bits per heavy atom. The van der Waals surface area contributed by atoms with Crippen LogP contribution in [0.4, 0.5) is 8.78 Å². The van der Waals surface area contributed by atoms with Gasteiger partial charge in [0.2, 0.25) is 0 Å². The van der Waals surface area contributed by atoms with Crippen LogP contribution in [0.3, 0.4) is 0 Å². The number of ether oxygens (including phenoxy) is 1. The van der Waals surface area contributed by atoms with Gasteiger partial charge in [0.15, 0.2) is 0 Å². The molecule has 0 bridgehead atoms. The number of halogens is 2. The minimum absolute atomic E-state index is 0.00873. The molecule has 100 valence electrons. The zero-order chi connectivity index (χ0) is 13.8. The number of hydrogen-bond acceptors (Lipinski definition) is 3. The van der Waals surface area contributed by atoms with Crippen molar-refractivity contribution in [2.75, 3.05) is 0 Å². The molecule has 0 aliphatic heterocycles. The van der Waals surface area contributed by atoms with Crippen LogP contribution in [0.5, 0.6) is 5.75 Å². The van der Waals surface area contributed by atoms with Crippen LogP contribution in [0.2, 0.25) is 0 Å². The van der Waals surface area contributed by atoms with Gasteiger partial charge in [-0.3, -0.25) is 4.79 Å². The second-order valence-corrected chi connectivity index (χ2v) is 4.32. The highest BCUT2D eigenvalue weighted by atomic mass is 19.3. The molecule has 1 unspecified atom stereocenters. The third-order valence-electron chi connectivity index (χ3n) is 2.86. The van der Waals surface area contributed by atoms with Crippen molar-refractivity contribution in [1.82, 2.24) is 5.32 Å². The molecular formula is C13H12F2N2O2. The van der Waals surface area contributed by atoms with E-state index in [-0.39, 0.29) is 17.6 Å². The molecule has 1 saturated carbocycles. The summed E-state index contributed by atoms with van der Waals surface area (Å²) < 4.78 is 28.1. The number of hydrogen-bond donors (Lipinski definition) is 1. The molecule has 1 aliphatic rings. The van der Waals surface area contributed by atoms with Crippen LogP contribution < -0.4 is 10.1 Å². The van der Waals surface area contributed by atoms with Gasteiger partial charge in [0, 0.05) is 5.56 Å². The molecule has 1 amide bonds. The van der Waals surface area contributed by atoms with E-state index in [1.54, 1.807) is 0 Å². The Kier molecular flexibility index (Phi) is 3.95. The Morgan fingerprint density at radius 1 is 1.37 bits per heavy atom. The lowest BCUT2D eigenvalue weighted by atomic mass is 10.1. The predicted octanol–water partition coefficient (Wildman–Crippen LogP) is 2.32. The highest BCUT2D eigenvalue weighted by Gasteiger charge is 2.32. The standard InChI is InChI=1S/C13H12F2N2O2/c14-13(15)19-10-5-3-9(4-6-10)12(18)17-11(7-16)8-1-2-8/h3-6,8,11,13H,1-2H2,(H,17,18). The molecule has 0 saturated heterocycles. The molecule has 0 aromatic heterocycles. The highest BCUT2D eigenvalue weighted by molar-refractivity contribution is 5.94. The van der Waals surface area contributed by atoms with E-state index in [0.717, 1.165) is 12.8 Å². The molecular weight excluding hydrogens is 254 g/mol. The van der Waals surface area contributed by atoms with Crippen LogP contribution in [0, 0.1) is 17.2 Å². The van der Waals surface area contributed by atoms with Crippen molar-refractivity contribution in [2.45, 2.75) is 25.5 Å². The van der Waals surface area contributed by atoms with Crippen molar-refractivity contribution in [2.24, 2.45) is 5.92 Å². The number of amides is 1. The van der Waals surface area contributed by atoms with Crippen LogP contribution in [-0.4, -0.2) is 18.6 Å². The molecule has 1 aromatic rings. The van der Waals surface area contributed by atoms with Crippen LogP contribution in [0.25, 0.3) is 0 Å². The molecule has 1 aliphatic carbocycles. The Morgan fingerprint density at radius 2 is 2.00 bits per heavy atom. The van der Waals surface area contributed by atoms with E-state index in [2.05, 4.69) is 10.1 Å². The minimum Gasteiger partial charge on any atom is -0.435 e. The molecule has 4 nitrogen and oxygen atoms in total. The lowest BCUT2D eigenvalue weighted by Crippen LogP contribution is -2.35. The molecule has 0 spiro atoms. The minimum atomic E-state index is -2.89. The van der Waals surface area contributed by atoms with Crippen LogP contribution in [-0.2, 0) is 0 Å². The van der Waals surface area contributed by atoms with Gasteiger partial charge >= 0.3 is 6.61 Å². The molecule has 1 fully saturated rings. The summed E-state index contributed by atoms with van der Waals surface area (Å²) in [5.74, 6) is -0.164. The van der Waals surface area contributed by atoms with E-state index in [1.807, 2.05) is 6.07 Å². The average Bonchev–Trinajstić information content (AvgIpc) is 3.20. The van der Waals surface area contributed by atoms with E-state index >= 15 is 0 Å². The van der Waals surface area contributed by atoms with E-state index in [4.69, 9.17) is 5.26 Å². The zero-order valence-corrected chi connectivity index (χ0v) is 9.98. The number of rotatable bonds is 5. The Labute approximate surface area is 109 Å². The summed E-state index contributed by atoms with van der Waals surface area (Å²) in [6.45, 7) is -2.89. The maximum absolute atomic E-state index is 12.0. The first-order valence-corrected chi connectivity index (χ1v) is 5.85. The summed E-state index contributed by atoms with van der Waals surface area (Å²) in [5.41, 5.74) is 0.308. The fourth-order valence-electron chi connectivity index (χ4n) is 1.70. The fourth-order valence-corrected chi connectivity index (χ4v) is 1.70. The summed E-state index contributed by atoms with van der Waals surface area (Å²) in [6, 6.07) is 6.91. The molecule has 0 heterocycles. The molecule has 1 atom stereocenters. The van der Waals surface area contributed by atoms with Gasteiger partial charge in [-0.15, -0.1) is 0 Å². The van der Waals surface area contributed by atoms with Crippen molar-refractivity contribution in [3.8, 4) is 11.8 Å². The first-order valence-electron chi connectivity index (χ1n) is 5.85. The topological polar surface area (TPSA) is 62.1 Å². The number of nitrogens with zero attached hydrogens (tertiary/aromatic N) is 1. The second kappa shape index (κ2) is 5.65. The summed E-state index contributed by atoms with van der Waals surface area (Å²) >= 11 is 0. The van der Waals surface area contributed by atoms with E-state index < -0.39 is 12.7 Å². The SMILES string of the molecule is N#CC(NC(=O)c1ccc(OC(F)F)cc1)C1CC1. The van der Waals surface area contributed by atoms with Gasteiger partial charge in [0.25, 0.3) is 5.91 Å². The number of nitrogens with one attached hydrogen (secondary N) is 1. The normalized spacial score (nSPS) is 15.7. The Hall–Kier alpha value is -2.16. The van der Waals surface area contributed by atoms with Gasteiger partial charge in [-0.05, 0) is 43.0 Å². The Balaban J connectivity index is 1.97. The average molecular weight is 266 g/mol. The van der Waals surface area contributed by atoms with Crippen molar-refractivity contribution >= 4 is 5.91 Å². The van der Waals surface area contributed by atoms with E-state index in [1.165, 1.54) is 24.3 Å². The summed E-state index contributed by atoms with van der Waals surface area (Å²) in [6.07, 6.45) is 1.89. The highest BCUT2D eigenvalue weighted by Crippen LogP contribution is 2.32. The fraction of sp³-hybridized carbons (Fsp3) is 0.385. The van der Waals surface area contributed by atoms with Gasteiger partial charge < -0.3 is 10.1 Å². The largest absolute Gasteiger partial charge is 0.435 e. The van der Waals surface area contributed by atoms with Crippen molar-refractivity contribution in [3.63, 3.8) is 0 Å². The number of alkyl halides is 2. The number of carbonyl (C=O) groups excluding carboxylic acids is 1. The lowest BCUT2D eigenvalue weighted by molar-refractivity contribution is -0.0498. The van der Waals surface area contributed by atoms with Crippen molar-refractivity contribution < 1.29 is 18.3 Å². The van der Waals surface area contributed by atoms with Crippen LogP contribution in [0.15, 0.2) is 24.3 Å². The Bertz CT molecular complexity index is 492. The number of nitriles is 1. The van der Waals surface area contributed by atoms with E-state index in [0.29, 0.717) is 5.56 Å². The van der Waals surface area contributed by atoms with Crippen molar-refractivity contribution in [1.29, 1.82) is 5.26 Å². The van der Waals surface area contributed by atoms with Crippen molar-refractivity contribution in [3.05, 3.63) is 29.8 Å². The van der Waals surface area contributed by atoms with Gasteiger partial charge in [0.05, 0.1) is 6.07 Å². The maximum atomic E-state index is 12.0. The van der Waals surface area contributed by atoms with Gasteiger partial charge in [-0.1, -0.05) is 0 Å². The predicted molar refractivity (Wildman–Crippen MR) is 62.7 cm³/mol.